The molecule has 0 unspecified atom stereocenters. The van der Waals surface area contributed by atoms with Crippen molar-refractivity contribution in [3.8, 4) is 17.2 Å². The van der Waals surface area contributed by atoms with Crippen LogP contribution >= 0.6 is 0 Å². The smallest absolute Gasteiger partial charge is 0.255 e. The molecule has 2 aromatic carbocycles. The normalized spacial score (nSPS) is 10.4. The van der Waals surface area contributed by atoms with Crippen molar-refractivity contribution in [2.75, 3.05) is 19.5 Å². The number of anilines is 1. The minimum absolute atomic E-state index is 0.242. The second-order valence-corrected chi connectivity index (χ2v) is 5.75. The van der Waals surface area contributed by atoms with E-state index in [2.05, 4.69) is 20.8 Å². The molecule has 1 heterocycles. The second kappa shape index (κ2) is 8.85. The first-order valence-electron chi connectivity index (χ1n) is 8.66. The van der Waals surface area contributed by atoms with Gasteiger partial charge in [-0.05, 0) is 53.7 Å². The first-order valence-corrected chi connectivity index (χ1v) is 8.66. The molecule has 1 N–H and O–H groups in total. The van der Waals surface area contributed by atoms with Gasteiger partial charge in [-0.25, -0.2) is 4.68 Å². The number of benzene rings is 2. The topological polar surface area (TPSA) is 100 Å². The van der Waals surface area contributed by atoms with Crippen molar-refractivity contribution in [2.45, 2.75) is 20.1 Å². The number of rotatable bonds is 8. The number of carbonyl (C=O) groups excluding carboxylic acids is 1. The summed E-state index contributed by atoms with van der Waals surface area (Å²) in [6, 6.07) is 12.0. The van der Waals surface area contributed by atoms with E-state index < -0.39 is 0 Å². The summed E-state index contributed by atoms with van der Waals surface area (Å²) in [5.41, 5.74) is 1.11. The van der Waals surface area contributed by atoms with Gasteiger partial charge in [0.05, 0.1) is 14.2 Å². The van der Waals surface area contributed by atoms with Crippen LogP contribution in [0.5, 0.6) is 17.2 Å². The van der Waals surface area contributed by atoms with Crippen LogP contribution < -0.4 is 19.5 Å². The highest BCUT2D eigenvalue weighted by atomic mass is 16.5. The Morgan fingerprint density at radius 2 is 1.82 bits per heavy atom. The lowest BCUT2D eigenvalue weighted by atomic mass is 10.2. The van der Waals surface area contributed by atoms with Crippen molar-refractivity contribution in [3.05, 3.63) is 53.9 Å². The fourth-order valence-electron chi connectivity index (χ4n) is 2.54. The third kappa shape index (κ3) is 4.37. The van der Waals surface area contributed by atoms with Gasteiger partial charge in [0.15, 0.2) is 17.3 Å². The Bertz CT molecular complexity index is 940. The van der Waals surface area contributed by atoms with E-state index >= 15 is 0 Å². The Morgan fingerprint density at radius 3 is 2.50 bits per heavy atom. The molecule has 3 aromatic rings. The molecule has 0 fully saturated rings. The highest BCUT2D eigenvalue weighted by molar-refractivity contribution is 6.04. The van der Waals surface area contributed by atoms with Crippen molar-refractivity contribution < 1.29 is 19.0 Å². The van der Waals surface area contributed by atoms with Crippen molar-refractivity contribution in [2.24, 2.45) is 0 Å². The number of aryl methyl sites for hydroxylation is 1. The van der Waals surface area contributed by atoms with Crippen LogP contribution in [0.2, 0.25) is 0 Å². The summed E-state index contributed by atoms with van der Waals surface area (Å²) in [5.74, 6) is 2.15. The van der Waals surface area contributed by atoms with Gasteiger partial charge in [-0.1, -0.05) is 0 Å². The number of methoxy groups -OCH3 is 2. The van der Waals surface area contributed by atoms with Gasteiger partial charge in [-0.15, -0.1) is 5.10 Å². The first kappa shape index (κ1) is 19.2. The third-order valence-corrected chi connectivity index (χ3v) is 4.03. The highest BCUT2D eigenvalue weighted by Gasteiger charge is 2.10. The Balaban J connectivity index is 1.62. The zero-order chi connectivity index (χ0) is 19.9. The number of nitrogens with one attached hydrogen (secondary N) is 1. The number of nitrogens with zero attached hydrogens (tertiary/aromatic N) is 4. The van der Waals surface area contributed by atoms with Gasteiger partial charge in [-0.2, -0.15) is 0 Å². The molecule has 0 saturated carbocycles. The molecule has 9 heteroatoms. The van der Waals surface area contributed by atoms with E-state index in [1.165, 1.54) is 0 Å². The minimum atomic E-state index is -0.242. The standard InChI is InChI=1S/C19H21N5O4/c1-4-24-18(21-22-23-24)12-28-15-8-5-13(6-9-15)19(25)20-14-7-10-16(26-2)17(11-14)27-3/h5-11H,4,12H2,1-3H3,(H,20,25). The van der Waals surface area contributed by atoms with E-state index in [1.807, 2.05) is 6.92 Å². The molecule has 0 radical (unpaired) electrons. The summed E-state index contributed by atoms with van der Waals surface area (Å²) in [4.78, 5) is 12.5. The van der Waals surface area contributed by atoms with Crippen LogP contribution in [0.3, 0.4) is 0 Å². The minimum Gasteiger partial charge on any atom is -0.493 e. The van der Waals surface area contributed by atoms with E-state index in [9.17, 15) is 4.79 Å². The first-order chi connectivity index (χ1) is 13.6. The lowest BCUT2D eigenvalue weighted by Gasteiger charge is -2.11. The molecule has 3 rings (SSSR count). The molecule has 1 aromatic heterocycles. The van der Waals surface area contributed by atoms with Gasteiger partial charge < -0.3 is 19.5 Å². The SMILES string of the molecule is CCn1nnnc1COc1ccc(C(=O)Nc2ccc(OC)c(OC)c2)cc1. The molecular weight excluding hydrogens is 362 g/mol. The fraction of sp³-hybridized carbons (Fsp3) is 0.263. The highest BCUT2D eigenvalue weighted by Crippen LogP contribution is 2.30. The van der Waals surface area contributed by atoms with E-state index in [4.69, 9.17) is 14.2 Å². The number of hydrogen-bond donors (Lipinski definition) is 1. The van der Waals surface area contributed by atoms with Crippen LogP contribution in [-0.4, -0.2) is 40.3 Å². The molecule has 0 aliphatic rings. The van der Waals surface area contributed by atoms with Gasteiger partial charge in [-0.3, -0.25) is 4.79 Å². The summed E-state index contributed by atoms with van der Waals surface area (Å²) >= 11 is 0. The van der Waals surface area contributed by atoms with E-state index in [-0.39, 0.29) is 12.5 Å². The monoisotopic (exact) mass is 383 g/mol. The van der Waals surface area contributed by atoms with Crippen LogP contribution in [-0.2, 0) is 13.2 Å². The molecule has 0 aliphatic carbocycles. The third-order valence-electron chi connectivity index (χ3n) is 4.03. The second-order valence-electron chi connectivity index (χ2n) is 5.75. The Morgan fingerprint density at radius 1 is 1.07 bits per heavy atom. The van der Waals surface area contributed by atoms with Crippen molar-refractivity contribution >= 4 is 11.6 Å². The zero-order valence-electron chi connectivity index (χ0n) is 15.9. The summed E-state index contributed by atoms with van der Waals surface area (Å²) < 4.78 is 17.8. The number of carbonyl (C=O) groups is 1. The number of tetrazole rings is 1. The van der Waals surface area contributed by atoms with E-state index in [1.54, 1.807) is 61.4 Å². The Kier molecular flexibility index (Phi) is 6.05. The Labute approximate surface area is 162 Å². The predicted molar refractivity (Wildman–Crippen MR) is 102 cm³/mol. The summed E-state index contributed by atoms with van der Waals surface area (Å²) in [7, 11) is 3.10. The molecule has 0 bridgehead atoms. The molecule has 0 saturated heterocycles. The summed E-state index contributed by atoms with van der Waals surface area (Å²) in [5, 5.41) is 14.2. The summed E-state index contributed by atoms with van der Waals surface area (Å²) in [6.07, 6.45) is 0. The van der Waals surface area contributed by atoms with Crippen LogP contribution in [0.4, 0.5) is 5.69 Å². The number of hydrogen-bond acceptors (Lipinski definition) is 7. The quantitative estimate of drug-likeness (QED) is 0.638. The maximum atomic E-state index is 12.5. The summed E-state index contributed by atoms with van der Waals surface area (Å²) in [6.45, 7) is 2.87. The van der Waals surface area contributed by atoms with Crippen LogP contribution in [0.15, 0.2) is 42.5 Å². The maximum Gasteiger partial charge on any atom is 0.255 e. The van der Waals surface area contributed by atoms with Gasteiger partial charge in [0, 0.05) is 23.9 Å². The average molecular weight is 383 g/mol. The fourth-order valence-corrected chi connectivity index (χ4v) is 2.54. The molecule has 9 nitrogen and oxygen atoms in total. The number of aromatic nitrogens is 4. The van der Waals surface area contributed by atoms with Gasteiger partial charge >= 0.3 is 0 Å². The number of amides is 1. The van der Waals surface area contributed by atoms with Crippen LogP contribution in [0.1, 0.15) is 23.1 Å². The molecule has 0 spiro atoms. The molecular formula is C19H21N5O4. The molecule has 146 valence electrons. The van der Waals surface area contributed by atoms with E-state index in [0.717, 1.165) is 0 Å². The van der Waals surface area contributed by atoms with Gasteiger partial charge in [0.25, 0.3) is 5.91 Å². The number of ether oxygens (including phenoxy) is 3. The van der Waals surface area contributed by atoms with E-state index in [0.29, 0.717) is 40.9 Å². The lowest BCUT2D eigenvalue weighted by molar-refractivity contribution is 0.102. The van der Waals surface area contributed by atoms with Crippen LogP contribution in [0.25, 0.3) is 0 Å². The molecule has 1 amide bonds. The van der Waals surface area contributed by atoms with Crippen molar-refractivity contribution in [1.29, 1.82) is 0 Å². The van der Waals surface area contributed by atoms with Gasteiger partial charge in [0.2, 0.25) is 0 Å². The average Bonchev–Trinajstić information content (AvgIpc) is 3.20. The Hall–Kier alpha value is -3.62. The molecule has 28 heavy (non-hydrogen) atoms. The zero-order valence-corrected chi connectivity index (χ0v) is 15.9. The van der Waals surface area contributed by atoms with Crippen molar-refractivity contribution in [1.82, 2.24) is 20.2 Å². The largest absolute Gasteiger partial charge is 0.493 e. The lowest BCUT2D eigenvalue weighted by Crippen LogP contribution is -2.12. The van der Waals surface area contributed by atoms with Gasteiger partial charge in [0.1, 0.15) is 12.4 Å². The van der Waals surface area contributed by atoms with Crippen molar-refractivity contribution in [3.63, 3.8) is 0 Å². The molecule has 0 aliphatic heterocycles. The molecule has 0 atom stereocenters. The maximum absolute atomic E-state index is 12.5. The van der Waals surface area contributed by atoms with Crippen LogP contribution in [0, 0.1) is 0 Å². The predicted octanol–water partition coefficient (Wildman–Crippen LogP) is 2.54.